The van der Waals surface area contributed by atoms with Crippen LogP contribution in [0.2, 0.25) is 0 Å². The van der Waals surface area contributed by atoms with Gasteiger partial charge in [-0.15, -0.1) is 0 Å². The smallest absolute Gasteiger partial charge is 0.300 e. The van der Waals surface area contributed by atoms with Crippen molar-refractivity contribution in [3.63, 3.8) is 0 Å². The first-order valence-electron chi connectivity index (χ1n) is 11.5. The van der Waals surface area contributed by atoms with E-state index in [0.717, 1.165) is 28.2 Å². The molecule has 3 aromatic carbocycles. The summed E-state index contributed by atoms with van der Waals surface area (Å²) in [5.74, 6) is -4.22. The number of methoxy groups -OCH3 is 1. The maximum atomic E-state index is 14.2. The average molecular weight is 492 g/mol. The molecule has 1 fully saturated rings. The summed E-state index contributed by atoms with van der Waals surface area (Å²) in [6, 6.07) is 14.3. The normalized spacial score (nSPS) is 17.5. The molecule has 1 heterocycles. The number of aliphatic hydroxyl groups excluding tert-OH is 1. The van der Waals surface area contributed by atoms with Crippen molar-refractivity contribution in [1.82, 2.24) is 0 Å². The SMILES string of the molecule is COc1ccc(C(C)(C)C)cc1/C(O)=C1\C(=O)C(=O)N(c2ccc(F)c(F)c2)C1c1cccc(C)c1. The molecule has 36 heavy (non-hydrogen) atoms. The van der Waals surface area contributed by atoms with Crippen LogP contribution in [0.1, 0.15) is 49.1 Å². The van der Waals surface area contributed by atoms with E-state index in [1.165, 1.54) is 13.2 Å². The number of carbonyl (C=O) groups excluding carboxylic acids is 2. The molecule has 1 atom stereocenters. The molecule has 186 valence electrons. The summed E-state index contributed by atoms with van der Waals surface area (Å²) in [6.07, 6.45) is 0. The highest BCUT2D eigenvalue weighted by Gasteiger charge is 2.47. The van der Waals surface area contributed by atoms with Gasteiger partial charge in [0.25, 0.3) is 11.7 Å². The van der Waals surface area contributed by atoms with E-state index in [1.54, 1.807) is 30.3 Å². The Labute approximate surface area is 208 Å². The van der Waals surface area contributed by atoms with Crippen LogP contribution in [0.25, 0.3) is 5.76 Å². The van der Waals surface area contributed by atoms with Crippen molar-refractivity contribution >= 4 is 23.1 Å². The Morgan fingerprint density at radius 1 is 0.972 bits per heavy atom. The van der Waals surface area contributed by atoms with Crippen molar-refractivity contribution in [3.05, 3.63) is 100 Å². The largest absolute Gasteiger partial charge is 0.507 e. The molecule has 1 saturated heterocycles. The number of nitrogens with zero attached hydrogens (tertiary/aromatic N) is 1. The molecule has 3 aromatic rings. The highest BCUT2D eigenvalue weighted by Crippen LogP contribution is 2.44. The van der Waals surface area contributed by atoms with Crippen molar-refractivity contribution in [2.75, 3.05) is 12.0 Å². The van der Waals surface area contributed by atoms with E-state index < -0.39 is 35.1 Å². The number of aliphatic hydroxyl groups is 1. The van der Waals surface area contributed by atoms with Gasteiger partial charge in [-0.1, -0.05) is 56.7 Å². The first kappa shape index (κ1) is 25.1. The number of benzene rings is 3. The molecule has 1 amide bonds. The average Bonchev–Trinajstić information content (AvgIpc) is 3.10. The van der Waals surface area contributed by atoms with Crippen LogP contribution in [0.5, 0.6) is 5.75 Å². The molecule has 1 aliphatic heterocycles. The predicted molar refractivity (Wildman–Crippen MR) is 134 cm³/mol. The van der Waals surface area contributed by atoms with Gasteiger partial charge in [0.15, 0.2) is 11.6 Å². The van der Waals surface area contributed by atoms with Gasteiger partial charge in [0, 0.05) is 11.8 Å². The summed E-state index contributed by atoms with van der Waals surface area (Å²) >= 11 is 0. The third kappa shape index (κ3) is 4.37. The fourth-order valence-electron chi connectivity index (χ4n) is 4.39. The molecule has 0 aliphatic carbocycles. The Balaban J connectivity index is 2.01. The Morgan fingerprint density at radius 3 is 2.31 bits per heavy atom. The van der Waals surface area contributed by atoms with Gasteiger partial charge in [-0.2, -0.15) is 0 Å². The maximum Gasteiger partial charge on any atom is 0.300 e. The van der Waals surface area contributed by atoms with Gasteiger partial charge < -0.3 is 9.84 Å². The summed E-state index contributed by atoms with van der Waals surface area (Å²) in [4.78, 5) is 27.8. The molecule has 0 spiro atoms. The van der Waals surface area contributed by atoms with Gasteiger partial charge in [-0.3, -0.25) is 14.5 Å². The van der Waals surface area contributed by atoms with E-state index in [1.807, 2.05) is 39.8 Å². The Morgan fingerprint density at radius 2 is 1.69 bits per heavy atom. The van der Waals surface area contributed by atoms with Gasteiger partial charge in [0.2, 0.25) is 0 Å². The highest BCUT2D eigenvalue weighted by molar-refractivity contribution is 6.51. The van der Waals surface area contributed by atoms with Gasteiger partial charge in [0.1, 0.15) is 11.5 Å². The van der Waals surface area contributed by atoms with Crippen LogP contribution >= 0.6 is 0 Å². The van der Waals surface area contributed by atoms with Crippen LogP contribution in [0.3, 0.4) is 0 Å². The van der Waals surface area contributed by atoms with Crippen molar-refractivity contribution in [3.8, 4) is 5.75 Å². The monoisotopic (exact) mass is 491 g/mol. The Bertz CT molecular complexity index is 1400. The zero-order valence-corrected chi connectivity index (χ0v) is 20.7. The predicted octanol–water partition coefficient (Wildman–Crippen LogP) is 6.21. The van der Waals surface area contributed by atoms with Gasteiger partial charge in [-0.25, -0.2) is 8.78 Å². The number of amides is 1. The molecular formula is C29H27F2NO4. The lowest BCUT2D eigenvalue weighted by atomic mass is 9.85. The number of rotatable bonds is 4. The summed E-state index contributed by atoms with van der Waals surface area (Å²) < 4.78 is 33.3. The van der Waals surface area contributed by atoms with Crippen LogP contribution in [0.15, 0.2) is 66.2 Å². The van der Waals surface area contributed by atoms with Gasteiger partial charge in [0.05, 0.1) is 24.3 Å². The summed E-state index contributed by atoms with van der Waals surface area (Å²) in [5.41, 5.74) is 2.09. The molecule has 7 heteroatoms. The molecule has 0 radical (unpaired) electrons. The second kappa shape index (κ2) is 9.22. The van der Waals surface area contributed by atoms with Gasteiger partial charge >= 0.3 is 0 Å². The molecule has 0 bridgehead atoms. The molecule has 0 aromatic heterocycles. The first-order chi connectivity index (χ1) is 16.9. The summed E-state index contributed by atoms with van der Waals surface area (Å²) in [6.45, 7) is 7.87. The maximum absolute atomic E-state index is 14.2. The van der Waals surface area contributed by atoms with E-state index in [-0.39, 0.29) is 22.2 Å². The van der Waals surface area contributed by atoms with E-state index >= 15 is 0 Å². The summed E-state index contributed by atoms with van der Waals surface area (Å²) in [5, 5.41) is 11.5. The quantitative estimate of drug-likeness (QED) is 0.268. The van der Waals surface area contributed by atoms with Crippen molar-refractivity contribution < 1.29 is 28.2 Å². The van der Waals surface area contributed by atoms with Crippen LogP contribution in [-0.2, 0) is 15.0 Å². The lowest BCUT2D eigenvalue weighted by Gasteiger charge is -2.26. The number of carbonyl (C=O) groups is 2. The molecular weight excluding hydrogens is 464 g/mol. The van der Waals surface area contributed by atoms with Gasteiger partial charge in [-0.05, 0) is 47.7 Å². The zero-order valence-electron chi connectivity index (χ0n) is 20.7. The van der Waals surface area contributed by atoms with Crippen LogP contribution in [0.4, 0.5) is 14.5 Å². The number of anilines is 1. The number of hydrogen-bond acceptors (Lipinski definition) is 4. The van der Waals surface area contributed by atoms with Crippen LogP contribution in [-0.4, -0.2) is 23.9 Å². The Hall–Kier alpha value is -4.00. The number of hydrogen-bond donors (Lipinski definition) is 1. The number of ketones is 1. The zero-order chi connectivity index (χ0) is 26.4. The Kier molecular flexibility index (Phi) is 6.43. The minimum atomic E-state index is -1.16. The minimum absolute atomic E-state index is 0.00281. The molecule has 4 rings (SSSR count). The number of Topliss-reactive ketones (excluding diaryl/α,β-unsaturated/α-hetero) is 1. The molecule has 0 saturated carbocycles. The third-order valence-electron chi connectivity index (χ3n) is 6.30. The standard InChI is InChI=1S/C29H27F2NO4/c1-16-7-6-8-17(13-16)25-24(26(33)20-14-18(29(2,3)4)9-12-23(20)36-5)27(34)28(35)32(25)19-10-11-21(30)22(31)15-19/h6-15,25,33H,1-5H3/b26-24+. The molecule has 5 nitrogen and oxygen atoms in total. The third-order valence-corrected chi connectivity index (χ3v) is 6.30. The van der Waals surface area contributed by atoms with Crippen LogP contribution in [0, 0.1) is 18.6 Å². The first-order valence-corrected chi connectivity index (χ1v) is 11.5. The van der Waals surface area contributed by atoms with E-state index in [9.17, 15) is 23.5 Å². The number of ether oxygens (including phenoxy) is 1. The van der Waals surface area contributed by atoms with Crippen molar-refractivity contribution in [2.45, 2.75) is 39.2 Å². The second-order valence-corrected chi connectivity index (χ2v) is 9.85. The fraction of sp³-hybridized carbons (Fsp3) is 0.241. The second-order valence-electron chi connectivity index (χ2n) is 9.85. The number of halogens is 2. The molecule has 1 unspecified atom stereocenters. The van der Waals surface area contributed by atoms with E-state index in [0.29, 0.717) is 11.3 Å². The highest BCUT2D eigenvalue weighted by atomic mass is 19.2. The molecule has 1 aliphatic rings. The fourth-order valence-corrected chi connectivity index (χ4v) is 4.39. The van der Waals surface area contributed by atoms with Crippen molar-refractivity contribution in [2.24, 2.45) is 0 Å². The van der Waals surface area contributed by atoms with Crippen LogP contribution < -0.4 is 9.64 Å². The summed E-state index contributed by atoms with van der Waals surface area (Å²) in [7, 11) is 1.45. The van der Waals surface area contributed by atoms with Crippen molar-refractivity contribution in [1.29, 1.82) is 0 Å². The van der Waals surface area contributed by atoms with E-state index in [4.69, 9.17) is 4.74 Å². The lowest BCUT2D eigenvalue weighted by molar-refractivity contribution is -0.132. The van der Waals surface area contributed by atoms with E-state index in [2.05, 4.69) is 0 Å². The topological polar surface area (TPSA) is 66.8 Å². The minimum Gasteiger partial charge on any atom is -0.507 e. The lowest BCUT2D eigenvalue weighted by Crippen LogP contribution is -2.29. The molecule has 1 N–H and O–H groups in total. The number of aryl methyl sites for hydroxylation is 1.